The van der Waals surface area contributed by atoms with E-state index in [9.17, 15) is 0 Å². The highest BCUT2D eigenvalue weighted by molar-refractivity contribution is 7.15. The van der Waals surface area contributed by atoms with Crippen LogP contribution in [-0.4, -0.2) is 11.7 Å². The van der Waals surface area contributed by atoms with Crippen LogP contribution < -0.4 is 5.73 Å². The van der Waals surface area contributed by atoms with Crippen molar-refractivity contribution in [1.82, 2.24) is 0 Å². The third-order valence-corrected chi connectivity index (χ3v) is 3.76. The summed E-state index contributed by atoms with van der Waals surface area (Å²) in [5.74, 6) is 0. The van der Waals surface area contributed by atoms with Crippen molar-refractivity contribution in [2.45, 2.75) is 12.5 Å². The van der Waals surface area contributed by atoms with Crippen molar-refractivity contribution in [2.24, 2.45) is 5.73 Å². The number of nitrogens with two attached hydrogens (primary N) is 1. The van der Waals surface area contributed by atoms with Gasteiger partial charge in [0.25, 0.3) is 0 Å². The fraction of sp³-hybridized carbons (Fsp3) is 0.231. The van der Waals surface area contributed by atoms with Gasteiger partial charge < -0.3 is 10.8 Å². The lowest BCUT2D eigenvalue weighted by atomic mass is 10.2. The standard InChI is InChI=1S/C13H15NOS.ClH/c14-11(8-9-15)13-7-6-12(16-13)10-4-2-1-3-5-10;/h1-7,11,15H,8-9,14H2;1H. The molecule has 0 radical (unpaired) electrons. The van der Waals surface area contributed by atoms with E-state index >= 15 is 0 Å². The lowest BCUT2D eigenvalue weighted by Crippen LogP contribution is -2.09. The number of benzene rings is 1. The molecule has 0 saturated carbocycles. The molecule has 0 amide bonds. The van der Waals surface area contributed by atoms with Gasteiger partial charge in [-0.3, -0.25) is 0 Å². The predicted octanol–water partition coefficient (Wildman–Crippen LogP) is 3.22. The Hall–Kier alpha value is -0.870. The first-order chi connectivity index (χ1) is 7.81. The Bertz CT molecular complexity index is 444. The van der Waals surface area contributed by atoms with E-state index in [1.54, 1.807) is 11.3 Å². The van der Waals surface area contributed by atoms with E-state index in [0.717, 1.165) is 4.88 Å². The quantitative estimate of drug-likeness (QED) is 0.895. The minimum Gasteiger partial charge on any atom is -0.396 e. The average molecular weight is 270 g/mol. The molecule has 0 aliphatic rings. The molecule has 0 fully saturated rings. The first-order valence-electron chi connectivity index (χ1n) is 5.33. The maximum Gasteiger partial charge on any atom is 0.0449 e. The zero-order chi connectivity index (χ0) is 11.4. The molecule has 1 atom stereocenters. The van der Waals surface area contributed by atoms with Gasteiger partial charge in [-0.2, -0.15) is 0 Å². The first kappa shape index (κ1) is 14.2. The Labute approximate surface area is 112 Å². The van der Waals surface area contributed by atoms with Gasteiger partial charge in [0, 0.05) is 22.4 Å². The average Bonchev–Trinajstić information content (AvgIpc) is 2.80. The SMILES string of the molecule is Cl.NC(CCO)c1ccc(-c2ccccc2)s1. The lowest BCUT2D eigenvalue weighted by Gasteiger charge is -2.05. The molecule has 0 aliphatic carbocycles. The van der Waals surface area contributed by atoms with Crippen LogP contribution in [0.3, 0.4) is 0 Å². The van der Waals surface area contributed by atoms with Crippen LogP contribution in [0.5, 0.6) is 0 Å². The van der Waals surface area contributed by atoms with Gasteiger partial charge in [0.1, 0.15) is 0 Å². The van der Waals surface area contributed by atoms with Gasteiger partial charge in [-0.1, -0.05) is 30.3 Å². The second kappa shape index (κ2) is 6.77. The molecule has 0 spiro atoms. The molecule has 1 aromatic carbocycles. The normalized spacial score (nSPS) is 11.9. The summed E-state index contributed by atoms with van der Waals surface area (Å²) in [6.45, 7) is 0.139. The van der Waals surface area contributed by atoms with E-state index in [-0.39, 0.29) is 25.1 Å². The molecule has 17 heavy (non-hydrogen) atoms. The van der Waals surface area contributed by atoms with Crippen LogP contribution >= 0.6 is 23.7 Å². The summed E-state index contributed by atoms with van der Waals surface area (Å²) in [5, 5.41) is 8.85. The summed E-state index contributed by atoms with van der Waals surface area (Å²) in [5.41, 5.74) is 7.16. The third kappa shape index (κ3) is 3.54. The number of thiophene rings is 1. The van der Waals surface area contributed by atoms with Gasteiger partial charge >= 0.3 is 0 Å². The number of rotatable bonds is 4. The van der Waals surface area contributed by atoms with Gasteiger partial charge in [0.05, 0.1) is 0 Å². The Kier molecular flexibility index (Phi) is 5.65. The zero-order valence-corrected chi connectivity index (χ0v) is 11.0. The van der Waals surface area contributed by atoms with E-state index in [2.05, 4.69) is 18.2 Å². The Balaban J connectivity index is 0.00000144. The molecular weight excluding hydrogens is 254 g/mol. The van der Waals surface area contributed by atoms with Crippen molar-refractivity contribution in [3.05, 3.63) is 47.3 Å². The fourth-order valence-corrected chi connectivity index (χ4v) is 2.64. The van der Waals surface area contributed by atoms with Crippen molar-refractivity contribution in [3.63, 3.8) is 0 Å². The predicted molar refractivity (Wildman–Crippen MR) is 75.6 cm³/mol. The number of hydrogen-bond acceptors (Lipinski definition) is 3. The molecule has 2 aromatic rings. The zero-order valence-electron chi connectivity index (χ0n) is 9.37. The smallest absolute Gasteiger partial charge is 0.0449 e. The second-order valence-corrected chi connectivity index (χ2v) is 4.80. The van der Waals surface area contributed by atoms with Gasteiger partial charge in [-0.05, 0) is 24.1 Å². The molecule has 92 valence electrons. The van der Waals surface area contributed by atoms with Gasteiger partial charge in [0.15, 0.2) is 0 Å². The highest BCUT2D eigenvalue weighted by Gasteiger charge is 2.09. The van der Waals surface area contributed by atoms with E-state index in [1.165, 1.54) is 10.4 Å². The molecule has 0 saturated heterocycles. The summed E-state index contributed by atoms with van der Waals surface area (Å²) >= 11 is 1.70. The minimum absolute atomic E-state index is 0. The van der Waals surface area contributed by atoms with E-state index < -0.39 is 0 Å². The highest BCUT2D eigenvalue weighted by atomic mass is 35.5. The Morgan fingerprint density at radius 1 is 1.12 bits per heavy atom. The van der Waals surface area contributed by atoms with Crippen LogP contribution in [-0.2, 0) is 0 Å². The fourth-order valence-electron chi connectivity index (χ4n) is 1.59. The molecule has 3 N–H and O–H groups in total. The highest BCUT2D eigenvalue weighted by Crippen LogP contribution is 2.31. The van der Waals surface area contributed by atoms with Crippen LogP contribution in [0.25, 0.3) is 10.4 Å². The van der Waals surface area contributed by atoms with E-state index in [1.807, 2.05) is 24.3 Å². The van der Waals surface area contributed by atoms with E-state index in [0.29, 0.717) is 6.42 Å². The summed E-state index contributed by atoms with van der Waals surface area (Å²) < 4.78 is 0. The maximum atomic E-state index is 8.85. The summed E-state index contributed by atoms with van der Waals surface area (Å²) in [7, 11) is 0. The number of aliphatic hydroxyl groups is 1. The van der Waals surface area contributed by atoms with Crippen molar-refractivity contribution < 1.29 is 5.11 Å². The van der Waals surface area contributed by atoms with Crippen molar-refractivity contribution >= 4 is 23.7 Å². The number of aliphatic hydroxyl groups excluding tert-OH is 1. The molecule has 1 heterocycles. The lowest BCUT2D eigenvalue weighted by molar-refractivity contribution is 0.277. The van der Waals surface area contributed by atoms with E-state index in [4.69, 9.17) is 10.8 Å². The molecule has 1 unspecified atom stereocenters. The van der Waals surface area contributed by atoms with Crippen LogP contribution in [0, 0.1) is 0 Å². The second-order valence-electron chi connectivity index (χ2n) is 3.69. The Morgan fingerprint density at radius 2 is 1.82 bits per heavy atom. The van der Waals surface area contributed by atoms with Gasteiger partial charge in [0.2, 0.25) is 0 Å². The topological polar surface area (TPSA) is 46.2 Å². The largest absolute Gasteiger partial charge is 0.396 e. The molecule has 2 nitrogen and oxygen atoms in total. The Morgan fingerprint density at radius 3 is 2.47 bits per heavy atom. The van der Waals surface area contributed by atoms with Crippen molar-refractivity contribution in [1.29, 1.82) is 0 Å². The molecule has 2 rings (SSSR count). The summed E-state index contributed by atoms with van der Waals surface area (Å²) in [6, 6.07) is 14.3. The van der Waals surface area contributed by atoms with Crippen molar-refractivity contribution in [3.8, 4) is 10.4 Å². The van der Waals surface area contributed by atoms with Crippen molar-refractivity contribution in [2.75, 3.05) is 6.61 Å². The molecule has 4 heteroatoms. The maximum absolute atomic E-state index is 8.85. The van der Waals surface area contributed by atoms with Gasteiger partial charge in [-0.15, -0.1) is 23.7 Å². The summed E-state index contributed by atoms with van der Waals surface area (Å²) in [6.07, 6.45) is 0.620. The molecular formula is C13H16ClNOS. The third-order valence-electron chi connectivity index (χ3n) is 2.49. The minimum atomic E-state index is -0.0486. The van der Waals surface area contributed by atoms with Crippen LogP contribution in [0.15, 0.2) is 42.5 Å². The monoisotopic (exact) mass is 269 g/mol. The molecule has 0 aliphatic heterocycles. The first-order valence-corrected chi connectivity index (χ1v) is 6.14. The summed E-state index contributed by atoms with van der Waals surface area (Å²) in [4.78, 5) is 2.36. The number of halogens is 1. The number of hydrogen-bond donors (Lipinski definition) is 2. The molecule has 1 aromatic heterocycles. The van der Waals surface area contributed by atoms with Gasteiger partial charge in [-0.25, -0.2) is 0 Å². The van der Waals surface area contributed by atoms with Crippen LogP contribution in [0.2, 0.25) is 0 Å². The van der Waals surface area contributed by atoms with Crippen LogP contribution in [0.1, 0.15) is 17.3 Å². The molecule has 0 bridgehead atoms. The van der Waals surface area contributed by atoms with Crippen LogP contribution in [0.4, 0.5) is 0 Å².